The van der Waals surface area contributed by atoms with Gasteiger partial charge in [0.05, 0.1) is 11.3 Å². The number of rotatable bonds is 4. The molecule has 31 heavy (non-hydrogen) atoms. The fraction of sp³-hybridized carbons (Fsp3) is 0.250. The van der Waals surface area contributed by atoms with Gasteiger partial charge in [-0.15, -0.1) is 0 Å². The van der Waals surface area contributed by atoms with E-state index in [2.05, 4.69) is 38.4 Å². The topological polar surface area (TPSA) is 107 Å². The second-order valence-corrected chi connectivity index (χ2v) is 8.26. The van der Waals surface area contributed by atoms with Crippen LogP contribution in [0.2, 0.25) is 0 Å². The van der Waals surface area contributed by atoms with Gasteiger partial charge in [0.15, 0.2) is 0 Å². The number of carbonyl (C=O) groups excluding carboxylic acids is 1. The largest absolute Gasteiger partial charge is 0.354 e. The van der Waals surface area contributed by atoms with Crippen molar-refractivity contribution in [1.82, 2.24) is 20.2 Å². The molecule has 1 aliphatic heterocycles. The lowest BCUT2D eigenvalue weighted by Crippen LogP contribution is -2.46. The van der Waals surface area contributed by atoms with E-state index in [0.717, 1.165) is 60.0 Å². The maximum atomic E-state index is 12.6. The number of carbonyl (C=O) groups is 1. The molecule has 5 N–H and O–H groups in total. The van der Waals surface area contributed by atoms with E-state index >= 15 is 0 Å². The normalized spacial score (nSPS) is 15.5. The Morgan fingerprint density at radius 2 is 1.77 bits per heavy atom. The number of nitrogens with two attached hydrogens (primary N) is 1. The quantitative estimate of drug-likeness (QED) is 0.411. The number of hydrogen-bond acceptors (Lipinski definition) is 3. The van der Waals surface area contributed by atoms with Gasteiger partial charge in [-0.25, -0.2) is 4.79 Å². The molecule has 3 heterocycles. The molecule has 0 aliphatic carbocycles. The molecule has 2 aromatic heterocycles. The molecular formula is C24H25N5O2. The minimum Gasteiger partial charge on any atom is -0.354 e. The molecule has 1 fully saturated rings. The fourth-order valence-electron chi connectivity index (χ4n) is 4.47. The smallest absolute Gasteiger partial charge is 0.312 e. The van der Waals surface area contributed by atoms with Gasteiger partial charge in [0.1, 0.15) is 0 Å². The van der Waals surface area contributed by atoms with E-state index in [1.54, 1.807) is 0 Å². The number of pyridine rings is 1. The van der Waals surface area contributed by atoms with E-state index < -0.39 is 6.03 Å². The number of urea groups is 1. The minimum atomic E-state index is -0.447. The molecule has 158 valence electrons. The lowest BCUT2D eigenvalue weighted by atomic mass is 10.0. The van der Waals surface area contributed by atoms with Crippen LogP contribution in [0.15, 0.2) is 59.4 Å². The summed E-state index contributed by atoms with van der Waals surface area (Å²) < 4.78 is 0. The molecule has 0 unspecified atom stereocenters. The Morgan fingerprint density at radius 3 is 2.58 bits per heavy atom. The zero-order chi connectivity index (χ0) is 21.4. The Hall–Kier alpha value is -3.58. The van der Waals surface area contributed by atoms with Crippen molar-refractivity contribution in [3.63, 3.8) is 0 Å². The number of hydrogen-bond donors (Lipinski definition) is 4. The zero-order valence-corrected chi connectivity index (χ0v) is 17.2. The molecular weight excluding hydrogens is 390 g/mol. The Morgan fingerprint density at radius 1 is 1.00 bits per heavy atom. The second kappa shape index (κ2) is 7.92. The molecule has 4 aromatic rings. The number of piperidine rings is 1. The number of nitrogens with one attached hydrogen (secondary N) is 3. The molecule has 5 rings (SSSR count). The number of fused-ring (bicyclic) bond motifs is 2. The average molecular weight is 415 g/mol. The number of H-pyrrole nitrogens is 2. The number of benzene rings is 2. The first-order valence-corrected chi connectivity index (χ1v) is 10.6. The molecule has 7 heteroatoms. The lowest BCUT2D eigenvalue weighted by Gasteiger charge is -2.32. The number of aromatic nitrogens is 2. The molecule has 2 amide bonds. The van der Waals surface area contributed by atoms with Crippen LogP contribution in [0.5, 0.6) is 0 Å². The predicted molar refractivity (Wildman–Crippen MR) is 123 cm³/mol. The molecule has 0 saturated carbocycles. The zero-order valence-electron chi connectivity index (χ0n) is 17.2. The summed E-state index contributed by atoms with van der Waals surface area (Å²) in [4.78, 5) is 32.4. The molecule has 0 radical (unpaired) electrons. The average Bonchev–Trinajstić information content (AvgIpc) is 3.17. The van der Waals surface area contributed by atoms with Gasteiger partial charge < -0.3 is 21.0 Å². The van der Waals surface area contributed by atoms with E-state index in [4.69, 9.17) is 5.73 Å². The van der Waals surface area contributed by atoms with Crippen molar-refractivity contribution >= 4 is 27.8 Å². The van der Waals surface area contributed by atoms with Gasteiger partial charge in [-0.05, 0) is 54.1 Å². The molecule has 0 atom stereocenters. The highest BCUT2D eigenvalue weighted by Crippen LogP contribution is 2.25. The first-order chi connectivity index (χ1) is 15.0. The third-order valence-electron chi connectivity index (χ3n) is 6.07. The number of primary amides is 1. The van der Waals surface area contributed by atoms with Crippen molar-refractivity contribution in [2.24, 2.45) is 5.73 Å². The van der Waals surface area contributed by atoms with Crippen molar-refractivity contribution < 1.29 is 4.79 Å². The van der Waals surface area contributed by atoms with Gasteiger partial charge in [0.2, 0.25) is 0 Å². The third-order valence-corrected chi connectivity index (χ3v) is 6.07. The van der Waals surface area contributed by atoms with E-state index in [1.165, 1.54) is 5.56 Å². The van der Waals surface area contributed by atoms with E-state index in [9.17, 15) is 9.59 Å². The van der Waals surface area contributed by atoms with Gasteiger partial charge in [-0.1, -0.05) is 24.3 Å². The minimum absolute atomic E-state index is 0.0991. The molecule has 2 aromatic carbocycles. The first-order valence-electron chi connectivity index (χ1n) is 10.6. The number of likely N-dealkylation sites (tertiary alicyclic amines) is 1. The summed E-state index contributed by atoms with van der Waals surface area (Å²) in [5, 5.41) is 4.90. The van der Waals surface area contributed by atoms with Crippen molar-refractivity contribution in [2.45, 2.75) is 25.4 Å². The Kier molecular flexibility index (Phi) is 4.95. The monoisotopic (exact) mass is 415 g/mol. The van der Waals surface area contributed by atoms with Gasteiger partial charge in [0, 0.05) is 42.1 Å². The predicted octanol–water partition coefficient (Wildman–Crippen LogP) is 3.31. The SMILES string of the molecule is NC(=O)NC1CCN(Cc2ccc3[nH]c(-c4cc5ccccc5[nH]c4=O)cc3c2)CC1. The van der Waals surface area contributed by atoms with Gasteiger partial charge in [-0.3, -0.25) is 9.69 Å². The Balaban J connectivity index is 1.36. The molecule has 1 aliphatic rings. The van der Waals surface area contributed by atoms with Crippen molar-refractivity contribution in [1.29, 1.82) is 0 Å². The highest BCUT2D eigenvalue weighted by atomic mass is 16.2. The number of nitrogens with zero attached hydrogens (tertiary/aromatic N) is 1. The highest BCUT2D eigenvalue weighted by molar-refractivity contribution is 5.89. The van der Waals surface area contributed by atoms with Crippen LogP contribution in [0.4, 0.5) is 4.79 Å². The van der Waals surface area contributed by atoms with Gasteiger partial charge >= 0.3 is 6.03 Å². The first kappa shape index (κ1) is 19.4. The summed E-state index contributed by atoms with van der Waals surface area (Å²) in [5.74, 6) is 0. The maximum Gasteiger partial charge on any atom is 0.312 e. The van der Waals surface area contributed by atoms with E-state index in [1.807, 2.05) is 36.4 Å². The standard InChI is InChI=1S/C24H25N5O2/c25-24(31)26-18-7-9-29(10-8-18)14-15-5-6-21-17(11-15)13-22(27-21)19-12-16-3-1-2-4-20(16)28-23(19)30/h1-6,11-13,18,27H,7-10,14H2,(H,28,30)(H3,25,26,31). The van der Waals surface area contributed by atoms with Crippen molar-refractivity contribution in [3.05, 3.63) is 70.5 Å². The van der Waals surface area contributed by atoms with Crippen LogP contribution >= 0.6 is 0 Å². The number of para-hydroxylation sites is 1. The van der Waals surface area contributed by atoms with Gasteiger partial charge in [0.25, 0.3) is 5.56 Å². The molecule has 7 nitrogen and oxygen atoms in total. The third kappa shape index (κ3) is 4.04. The number of aromatic amines is 2. The molecule has 0 spiro atoms. The van der Waals surface area contributed by atoms with E-state index in [0.29, 0.717) is 5.56 Å². The van der Waals surface area contributed by atoms with Gasteiger partial charge in [-0.2, -0.15) is 0 Å². The summed E-state index contributed by atoms with van der Waals surface area (Å²) >= 11 is 0. The van der Waals surface area contributed by atoms with E-state index in [-0.39, 0.29) is 11.6 Å². The van der Waals surface area contributed by atoms with Crippen molar-refractivity contribution in [3.8, 4) is 11.3 Å². The summed E-state index contributed by atoms with van der Waals surface area (Å²) in [5.41, 5.74) is 9.66. The maximum absolute atomic E-state index is 12.6. The van der Waals surface area contributed by atoms with Crippen LogP contribution in [0.25, 0.3) is 33.1 Å². The highest BCUT2D eigenvalue weighted by Gasteiger charge is 2.20. The summed E-state index contributed by atoms with van der Waals surface area (Å²) in [6.45, 7) is 2.71. The molecule has 1 saturated heterocycles. The second-order valence-electron chi connectivity index (χ2n) is 8.26. The molecule has 0 bridgehead atoms. The van der Waals surface area contributed by atoms with Crippen LogP contribution in [0, 0.1) is 0 Å². The van der Waals surface area contributed by atoms with Crippen LogP contribution in [-0.4, -0.2) is 40.0 Å². The Bertz CT molecular complexity index is 1310. The number of amides is 2. The van der Waals surface area contributed by atoms with Crippen LogP contribution in [-0.2, 0) is 6.54 Å². The van der Waals surface area contributed by atoms with Crippen molar-refractivity contribution in [2.75, 3.05) is 13.1 Å². The van der Waals surface area contributed by atoms with Crippen LogP contribution in [0.3, 0.4) is 0 Å². The van der Waals surface area contributed by atoms with Crippen LogP contribution < -0.4 is 16.6 Å². The Labute approximate surface area is 179 Å². The summed E-state index contributed by atoms with van der Waals surface area (Å²) in [7, 11) is 0. The summed E-state index contributed by atoms with van der Waals surface area (Å²) in [6, 6.07) is 17.9. The summed E-state index contributed by atoms with van der Waals surface area (Å²) in [6.07, 6.45) is 1.81. The lowest BCUT2D eigenvalue weighted by molar-refractivity contribution is 0.189. The fourth-order valence-corrected chi connectivity index (χ4v) is 4.47. The van der Waals surface area contributed by atoms with Crippen LogP contribution in [0.1, 0.15) is 18.4 Å².